The molecule has 1 amide bonds. The average molecular weight is 456 g/mol. The molecular formula is C19H29N5O4S2. The molecule has 3 N–H and O–H groups in total. The molecule has 0 aliphatic carbocycles. The molecular weight excluding hydrogens is 426 g/mol. The zero-order chi connectivity index (χ0) is 22.0. The van der Waals surface area contributed by atoms with Crippen molar-refractivity contribution in [3.05, 3.63) is 17.8 Å². The van der Waals surface area contributed by atoms with Gasteiger partial charge in [0.1, 0.15) is 12.0 Å². The van der Waals surface area contributed by atoms with Gasteiger partial charge in [-0.3, -0.25) is 4.79 Å². The van der Waals surface area contributed by atoms with Crippen molar-refractivity contribution < 1.29 is 19.2 Å². The monoisotopic (exact) mass is 455 g/mol. The van der Waals surface area contributed by atoms with Crippen molar-refractivity contribution in [2.24, 2.45) is 5.92 Å². The fraction of sp³-hybridized carbons (Fsp3) is 0.632. The van der Waals surface area contributed by atoms with Crippen molar-refractivity contribution in [3.8, 4) is 0 Å². The molecule has 9 nitrogen and oxygen atoms in total. The summed E-state index contributed by atoms with van der Waals surface area (Å²) in [5.74, 6) is 1.73. The predicted molar refractivity (Wildman–Crippen MR) is 116 cm³/mol. The first-order valence-corrected chi connectivity index (χ1v) is 11.7. The molecule has 0 bridgehead atoms. The standard InChI is InChI=1S/C19H29N5O4S2/c1-19(2,3)14-10-20-16(28-14)12-29-18-24-23-17(30-18)22-15(26)8-6-4-5-7-13(11-25)9-21-27/h10-11,13,21,27H,4-9,12H2,1-3H3,(H,22,23,26). The molecule has 0 aromatic carbocycles. The van der Waals surface area contributed by atoms with Gasteiger partial charge in [-0.1, -0.05) is 56.7 Å². The Morgan fingerprint density at radius 2 is 2.13 bits per heavy atom. The van der Waals surface area contributed by atoms with Crippen LogP contribution in [0.4, 0.5) is 5.13 Å². The maximum Gasteiger partial charge on any atom is 0.226 e. The smallest absolute Gasteiger partial charge is 0.226 e. The number of hydrogen-bond acceptors (Lipinski definition) is 10. The highest BCUT2D eigenvalue weighted by molar-refractivity contribution is 8.00. The summed E-state index contributed by atoms with van der Waals surface area (Å²) in [6, 6.07) is 0. The molecule has 2 aromatic heterocycles. The Kier molecular flexibility index (Phi) is 9.89. The maximum atomic E-state index is 12.1. The Hall–Kier alpha value is -1.82. The van der Waals surface area contributed by atoms with Gasteiger partial charge >= 0.3 is 0 Å². The predicted octanol–water partition coefficient (Wildman–Crippen LogP) is 3.80. The Bertz CT molecular complexity index is 803. The quantitative estimate of drug-likeness (QED) is 0.136. The molecule has 2 aromatic rings. The van der Waals surface area contributed by atoms with E-state index in [4.69, 9.17) is 9.62 Å². The average Bonchev–Trinajstić information content (AvgIpc) is 3.34. The van der Waals surface area contributed by atoms with Gasteiger partial charge in [0.2, 0.25) is 16.9 Å². The number of anilines is 1. The second-order valence-electron chi connectivity index (χ2n) is 7.94. The fourth-order valence-electron chi connectivity index (χ4n) is 2.55. The molecule has 0 spiro atoms. The van der Waals surface area contributed by atoms with Crippen LogP contribution < -0.4 is 10.8 Å². The molecule has 30 heavy (non-hydrogen) atoms. The molecule has 0 aliphatic rings. The van der Waals surface area contributed by atoms with Crippen LogP contribution in [0.25, 0.3) is 0 Å². The lowest BCUT2D eigenvalue weighted by Gasteiger charge is -2.12. The van der Waals surface area contributed by atoms with E-state index in [1.807, 2.05) is 5.48 Å². The molecule has 0 radical (unpaired) electrons. The summed E-state index contributed by atoms with van der Waals surface area (Å²) in [6.45, 7) is 6.47. The third-order valence-electron chi connectivity index (χ3n) is 4.29. The molecule has 0 saturated heterocycles. The van der Waals surface area contributed by atoms with Crippen molar-refractivity contribution in [3.63, 3.8) is 0 Å². The number of hydrogen-bond donors (Lipinski definition) is 3. The van der Waals surface area contributed by atoms with E-state index in [1.54, 1.807) is 6.20 Å². The summed E-state index contributed by atoms with van der Waals surface area (Å²) in [4.78, 5) is 27.1. The highest BCUT2D eigenvalue weighted by atomic mass is 32.2. The number of hydroxylamine groups is 1. The van der Waals surface area contributed by atoms with Gasteiger partial charge in [0.15, 0.2) is 4.34 Å². The second-order valence-corrected chi connectivity index (χ2v) is 10.1. The van der Waals surface area contributed by atoms with Gasteiger partial charge in [0, 0.05) is 24.3 Å². The molecule has 0 fully saturated rings. The lowest BCUT2D eigenvalue weighted by atomic mass is 9.94. The third kappa shape index (κ3) is 8.50. The second kappa shape index (κ2) is 12.1. The molecule has 2 heterocycles. The van der Waals surface area contributed by atoms with Crippen molar-refractivity contribution in [1.29, 1.82) is 0 Å². The van der Waals surface area contributed by atoms with Crippen molar-refractivity contribution >= 4 is 40.4 Å². The van der Waals surface area contributed by atoms with Crippen LogP contribution in [-0.2, 0) is 20.8 Å². The molecule has 0 saturated carbocycles. The van der Waals surface area contributed by atoms with Crippen molar-refractivity contribution in [2.75, 3.05) is 11.9 Å². The van der Waals surface area contributed by atoms with Crippen molar-refractivity contribution in [1.82, 2.24) is 20.7 Å². The number of oxazole rings is 1. The summed E-state index contributed by atoms with van der Waals surface area (Å²) in [7, 11) is 0. The van der Waals surface area contributed by atoms with E-state index in [-0.39, 0.29) is 23.8 Å². The van der Waals surface area contributed by atoms with Gasteiger partial charge in [0.25, 0.3) is 0 Å². The first kappa shape index (κ1) is 24.4. The normalized spacial score (nSPS) is 12.7. The van der Waals surface area contributed by atoms with Gasteiger partial charge < -0.3 is 19.7 Å². The van der Waals surface area contributed by atoms with Gasteiger partial charge in [-0.25, -0.2) is 10.5 Å². The first-order valence-electron chi connectivity index (χ1n) is 9.85. The maximum absolute atomic E-state index is 12.1. The topological polar surface area (TPSA) is 130 Å². The molecule has 11 heteroatoms. The van der Waals surface area contributed by atoms with E-state index in [1.165, 1.54) is 23.1 Å². The lowest BCUT2D eigenvalue weighted by Crippen LogP contribution is -2.20. The zero-order valence-corrected chi connectivity index (χ0v) is 19.1. The van der Waals surface area contributed by atoms with E-state index in [9.17, 15) is 9.59 Å². The van der Waals surface area contributed by atoms with Gasteiger partial charge in [-0.2, -0.15) is 0 Å². The van der Waals surface area contributed by atoms with Crippen LogP contribution in [0, 0.1) is 5.92 Å². The Morgan fingerprint density at radius 3 is 2.80 bits per heavy atom. The van der Waals surface area contributed by atoms with Crippen molar-refractivity contribution in [2.45, 2.75) is 68.4 Å². The van der Waals surface area contributed by atoms with Crippen LogP contribution in [0.5, 0.6) is 0 Å². The van der Waals surface area contributed by atoms with Gasteiger partial charge in [-0.05, 0) is 12.8 Å². The SMILES string of the molecule is CC(C)(C)c1cnc(CSc2nnc(NC(=O)CCCCCC(C=O)CNO)s2)o1. The number of aldehydes is 1. The number of aromatic nitrogens is 3. The molecule has 0 aliphatic heterocycles. The zero-order valence-electron chi connectivity index (χ0n) is 17.5. The highest BCUT2D eigenvalue weighted by Gasteiger charge is 2.19. The molecule has 1 atom stereocenters. The summed E-state index contributed by atoms with van der Waals surface area (Å²) >= 11 is 2.78. The van der Waals surface area contributed by atoms with E-state index >= 15 is 0 Å². The third-order valence-corrected chi connectivity index (χ3v) is 6.25. The Morgan fingerprint density at radius 1 is 1.33 bits per heavy atom. The molecule has 1 unspecified atom stereocenters. The van der Waals surface area contributed by atoms with Gasteiger partial charge in [-0.15, -0.1) is 10.2 Å². The molecule has 2 rings (SSSR count). The molecule has 166 valence electrons. The minimum atomic E-state index is -0.197. The number of carbonyl (C=O) groups is 2. The number of thioether (sulfide) groups is 1. The van der Waals surface area contributed by atoms with Crippen LogP contribution in [0.15, 0.2) is 15.0 Å². The first-order chi connectivity index (χ1) is 14.3. The minimum absolute atomic E-state index is 0.0804. The largest absolute Gasteiger partial charge is 0.444 e. The highest BCUT2D eigenvalue weighted by Crippen LogP contribution is 2.30. The van der Waals surface area contributed by atoms with Crippen LogP contribution >= 0.6 is 23.1 Å². The minimum Gasteiger partial charge on any atom is -0.444 e. The Labute approximate surface area is 184 Å². The summed E-state index contributed by atoms with van der Waals surface area (Å²) in [5, 5.41) is 20.0. The Balaban J connectivity index is 1.66. The van der Waals surface area contributed by atoms with E-state index in [0.29, 0.717) is 29.6 Å². The van der Waals surface area contributed by atoms with E-state index < -0.39 is 0 Å². The number of carbonyl (C=O) groups excluding carboxylic acids is 2. The van der Waals surface area contributed by atoms with Crippen LogP contribution in [0.3, 0.4) is 0 Å². The van der Waals surface area contributed by atoms with Crippen LogP contribution in [0.1, 0.15) is 64.5 Å². The summed E-state index contributed by atoms with van der Waals surface area (Å²) < 4.78 is 6.49. The van der Waals surface area contributed by atoms with E-state index in [0.717, 1.165) is 35.6 Å². The summed E-state index contributed by atoms with van der Waals surface area (Å²) in [5.41, 5.74) is 1.93. The number of nitrogens with zero attached hydrogens (tertiary/aromatic N) is 3. The van der Waals surface area contributed by atoms with Crippen LogP contribution in [-0.4, -0.2) is 39.1 Å². The summed E-state index contributed by atoms with van der Waals surface area (Å²) in [6.07, 6.45) is 6.07. The van der Waals surface area contributed by atoms with E-state index in [2.05, 4.69) is 41.3 Å². The number of unbranched alkanes of at least 4 members (excludes halogenated alkanes) is 2. The fourth-order valence-corrected chi connectivity index (χ4v) is 4.17. The van der Waals surface area contributed by atoms with Gasteiger partial charge in [0.05, 0.1) is 11.9 Å². The van der Waals surface area contributed by atoms with Crippen LogP contribution in [0.2, 0.25) is 0 Å². The number of amides is 1. The lowest BCUT2D eigenvalue weighted by molar-refractivity contribution is -0.116. The number of nitrogens with one attached hydrogen (secondary N) is 2. The number of rotatable bonds is 13.